The van der Waals surface area contributed by atoms with Gasteiger partial charge in [0, 0.05) is 39.4 Å². The lowest BCUT2D eigenvalue weighted by molar-refractivity contribution is -0.147. The number of benzene rings is 2. The average Bonchev–Trinajstić information content (AvgIpc) is 2.98. The molecule has 0 aliphatic heterocycles. The number of carbonyl (C=O) groups is 2. The Bertz CT molecular complexity index is 1510. The van der Waals surface area contributed by atoms with E-state index in [-0.39, 0.29) is 70.9 Å². The van der Waals surface area contributed by atoms with Crippen LogP contribution in [0, 0.1) is 0 Å². The summed E-state index contributed by atoms with van der Waals surface area (Å²) in [7, 11) is 0. The van der Waals surface area contributed by atoms with Gasteiger partial charge in [-0.15, -0.1) is 23.5 Å². The van der Waals surface area contributed by atoms with Gasteiger partial charge in [-0.25, -0.2) is 0 Å². The van der Waals surface area contributed by atoms with Crippen LogP contribution in [0.1, 0.15) is 146 Å². The van der Waals surface area contributed by atoms with E-state index in [2.05, 4.69) is 127 Å². The third-order valence-corrected chi connectivity index (χ3v) is 11.1. The van der Waals surface area contributed by atoms with Gasteiger partial charge in [-0.05, 0) is 79.5 Å². The summed E-state index contributed by atoms with van der Waals surface area (Å²) in [6.45, 7) is 34.3. The van der Waals surface area contributed by atoms with Crippen LogP contribution in [0.4, 0.5) is 0 Å². The van der Waals surface area contributed by atoms with E-state index in [4.69, 9.17) is 14.2 Å². The summed E-state index contributed by atoms with van der Waals surface area (Å²) in [6.07, 6.45) is -0.691. The fourth-order valence-electron chi connectivity index (χ4n) is 6.04. The Kier molecular flexibility index (Phi) is 16.3. The standard InChI is InChI=1S/C43H69NO7S2/c1-17-49-34(46)22-20-32(38(48)50-18-2)44-25-27(45)26-51-37-29(39(3,4)5)19-21-33(35(37)42(12,13)14)53-43(15,16)52-28-23-30(40(6,7)8)36(47)31(24-28)41(9,10)11/h19,21,23-24,27,32,44-45,47H,17-18,20,22,25-26H2,1-16H3/t27?,32-/m1/s1. The van der Waals surface area contributed by atoms with Crippen molar-refractivity contribution < 1.29 is 34.0 Å². The number of aliphatic hydroxyl groups excluding tert-OH is 1. The van der Waals surface area contributed by atoms with Gasteiger partial charge in [0.1, 0.15) is 30.3 Å². The van der Waals surface area contributed by atoms with E-state index in [0.29, 0.717) is 5.75 Å². The molecule has 2 atom stereocenters. The minimum absolute atomic E-state index is 0.00247. The lowest BCUT2D eigenvalue weighted by Gasteiger charge is -2.34. The fraction of sp³-hybridized carbons (Fsp3) is 0.674. The highest BCUT2D eigenvalue weighted by molar-refractivity contribution is 8.18. The van der Waals surface area contributed by atoms with Crippen LogP contribution < -0.4 is 10.1 Å². The average molecular weight is 776 g/mol. The number of phenolic OH excluding ortho intramolecular Hbond substituents is 1. The second-order valence-electron chi connectivity index (χ2n) is 18.3. The fourth-order valence-corrected chi connectivity index (χ4v) is 8.85. The molecule has 0 spiro atoms. The highest BCUT2D eigenvalue weighted by Crippen LogP contribution is 2.53. The van der Waals surface area contributed by atoms with Gasteiger partial charge in [-0.1, -0.05) is 89.2 Å². The quantitative estimate of drug-likeness (QED) is 0.0865. The molecule has 0 heterocycles. The van der Waals surface area contributed by atoms with Gasteiger partial charge in [-0.3, -0.25) is 9.59 Å². The Morgan fingerprint density at radius 1 is 0.755 bits per heavy atom. The first-order valence-electron chi connectivity index (χ1n) is 18.9. The summed E-state index contributed by atoms with van der Waals surface area (Å²) in [6, 6.07) is 7.85. The predicted octanol–water partition coefficient (Wildman–Crippen LogP) is 9.81. The number of phenols is 1. The number of carbonyl (C=O) groups excluding carboxylic acids is 2. The predicted molar refractivity (Wildman–Crippen MR) is 221 cm³/mol. The van der Waals surface area contributed by atoms with Crippen LogP contribution in [0.3, 0.4) is 0 Å². The van der Waals surface area contributed by atoms with Crippen LogP contribution in [-0.2, 0) is 40.7 Å². The molecule has 3 N–H and O–H groups in total. The number of nitrogens with one attached hydrogen (secondary N) is 1. The van der Waals surface area contributed by atoms with Crippen LogP contribution in [0.5, 0.6) is 11.5 Å². The Morgan fingerprint density at radius 2 is 1.28 bits per heavy atom. The van der Waals surface area contributed by atoms with E-state index in [1.807, 2.05) is 0 Å². The van der Waals surface area contributed by atoms with Crippen molar-refractivity contribution in [3.8, 4) is 11.5 Å². The Morgan fingerprint density at radius 3 is 1.75 bits per heavy atom. The van der Waals surface area contributed by atoms with Crippen LogP contribution in [0.15, 0.2) is 34.1 Å². The molecule has 0 saturated carbocycles. The summed E-state index contributed by atoms with van der Waals surface area (Å²) in [5.41, 5.74) is 2.99. The summed E-state index contributed by atoms with van der Waals surface area (Å²) in [5.74, 6) is 0.272. The largest absolute Gasteiger partial charge is 0.507 e. The van der Waals surface area contributed by atoms with Crippen LogP contribution in [0.25, 0.3) is 0 Å². The molecule has 0 aliphatic carbocycles. The highest BCUT2D eigenvalue weighted by Gasteiger charge is 2.34. The topological polar surface area (TPSA) is 114 Å². The van der Waals surface area contributed by atoms with Crippen molar-refractivity contribution in [2.45, 2.75) is 171 Å². The molecule has 8 nitrogen and oxygen atoms in total. The summed E-state index contributed by atoms with van der Waals surface area (Å²) >= 11 is 3.56. The van der Waals surface area contributed by atoms with Gasteiger partial charge in [0.25, 0.3) is 0 Å². The van der Waals surface area contributed by atoms with Gasteiger partial charge < -0.3 is 29.7 Å². The van der Waals surface area contributed by atoms with Crippen molar-refractivity contribution >= 4 is 35.5 Å². The third-order valence-electron chi connectivity index (χ3n) is 8.63. The highest BCUT2D eigenvalue weighted by atomic mass is 32.2. The molecule has 53 heavy (non-hydrogen) atoms. The van der Waals surface area contributed by atoms with Crippen molar-refractivity contribution in [2.75, 3.05) is 26.4 Å². The van der Waals surface area contributed by atoms with E-state index >= 15 is 0 Å². The lowest BCUT2D eigenvalue weighted by Crippen LogP contribution is -2.43. The number of thioether (sulfide) groups is 2. The molecule has 0 radical (unpaired) electrons. The molecule has 0 bridgehead atoms. The maximum atomic E-state index is 12.7. The first kappa shape index (κ1) is 46.8. The van der Waals surface area contributed by atoms with Gasteiger partial charge >= 0.3 is 11.9 Å². The van der Waals surface area contributed by atoms with Crippen LogP contribution in [0.2, 0.25) is 0 Å². The third kappa shape index (κ3) is 14.0. The van der Waals surface area contributed by atoms with Crippen LogP contribution in [-0.4, -0.2) is 64.7 Å². The first-order valence-corrected chi connectivity index (χ1v) is 20.6. The molecule has 1 unspecified atom stereocenters. The normalized spacial score (nSPS) is 14.1. The minimum atomic E-state index is -0.943. The molecule has 0 saturated heterocycles. The number of esters is 2. The molecular formula is C43H69NO7S2. The van der Waals surface area contributed by atoms with Crippen molar-refractivity contribution in [3.63, 3.8) is 0 Å². The number of rotatable bonds is 16. The number of hydrogen-bond donors (Lipinski definition) is 3. The first-order chi connectivity index (χ1) is 24.1. The molecule has 10 heteroatoms. The molecule has 0 fully saturated rings. The van der Waals surface area contributed by atoms with E-state index < -0.39 is 18.1 Å². The molecule has 0 amide bonds. The van der Waals surface area contributed by atoms with E-state index in [0.717, 1.165) is 37.8 Å². The van der Waals surface area contributed by atoms with Crippen molar-refractivity contribution in [1.82, 2.24) is 5.32 Å². The Labute approximate surface area is 329 Å². The van der Waals surface area contributed by atoms with Gasteiger partial charge in [0.2, 0.25) is 0 Å². The van der Waals surface area contributed by atoms with Gasteiger partial charge in [0.05, 0.1) is 17.3 Å². The smallest absolute Gasteiger partial charge is 0.323 e. The van der Waals surface area contributed by atoms with E-state index in [1.165, 1.54) is 0 Å². The second kappa shape index (κ2) is 18.5. The molecule has 0 aliphatic rings. The molecule has 0 aromatic heterocycles. The zero-order chi connectivity index (χ0) is 40.7. The number of hydrogen-bond acceptors (Lipinski definition) is 10. The monoisotopic (exact) mass is 775 g/mol. The maximum Gasteiger partial charge on any atom is 0.323 e. The molecule has 2 aromatic rings. The maximum absolute atomic E-state index is 12.7. The zero-order valence-electron chi connectivity index (χ0n) is 35.5. The Hall–Kier alpha value is -2.40. The Balaban J connectivity index is 2.48. The van der Waals surface area contributed by atoms with Crippen molar-refractivity contribution in [3.05, 3.63) is 46.5 Å². The molecule has 300 valence electrons. The van der Waals surface area contributed by atoms with Gasteiger partial charge in [0.15, 0.2) is 0 Å². The van der Waals surface area contributed by atoms with Crippen molar-refractivity contribution in [2.24, 2.45) is 0 Å². The minimum Gasteiger partial charge on any atom is -0.507 e. The summed E-state index contributed by atoms with van der Waals surface area (Å²) < 4.78 is 16.6. The molecule has 2 rings (SSSR count). The second-order valence-corrected chi connectivity index (χ2v) is 21.9. The molecular weight excluding hydrogens is 707 g/mol. The zero-order valence-corrected chi connectivity index (χ0v) is 37.1. The van der Waals surface area contributed by atoms with E-state index in [9.17, 15) is 19.8 Å². The number of ether oxygens (including phenoxy) is 3. The van der Waals surface area contributed by atoms with E-state index in [1.54, 1.807) is 37.4 Å². The molecule has 2 aromatic carbocycles. The number of aliphatic hydroxyl groups is 1. The van der Waals surface area contributed by atoms with Gasteiger partial charge in [-0.2, -0.15) is 0 Å². The SMILES string of the molecule is CCOC(=O)CC[C@@H](NCC(O)COc1c(C(C)(C)C)ccc(SC(C)(C)Sc2cc(C(C)(C)C)c(O)c(C(C)(C)C)c2)c1C(C)(C)C)C(=O)OCC. The lowest BCUT2D eigenvalue weighted by atomic mass is 9.79. The number of aromatic hydroxyl groups is 1. The summed E-state index contributed by atoms with van der Waals surface area (Å²) in [5, 5.41) is 25.6. The van der Waals surface area contributed by atoms with Crippen molar-refractivity contribution in [1.29, 1.82) is 0 Å². The van der Waals surface area contributed by atoms with Crippen LogP contribution >= 0.6 is 23.5 Å². The summed E-state index contributed by atoms with van der Waals surface area (Å²) in [4.78, 5) is 26.8.